The summed E-state index contributed by atoms with van der Waals surface area (Å²) in [6.45, 7) is 4.56. The molecule has 9 nitrogen and oxygen atoms in total. The molecule has 10 heteroatoms. The number of aromatic nitrogens is 4. The zero-order valence-electron chi connectivity index (χ0n) is 22.4. The molecule has 202 valence electrons. The number of nitrogens with zero attached hydrogens (tertiary/aromatic N) is 8. The second-order valence-electron chi connectivity index (χ2n) is 10.4. The second kappa shape index (κ2) is 10.6. The predicted molar refractivity (Wildman–Crippen MR) is 149 cm³/mol. The molecule has 2 aliphatic rings. The van der Waals surface area contributed by atoms with Gasteiger partial charge in [-0.25, -0.2) is 18.9 Å². The summed E-state index contributed by atoms with van der Waals surface area (Å²) < 4.78 is 15.8. The number of rotatable bonds is 6. The third-order valence-electron chi connectivity index (χ3n) is 7.68. The third-order valence-corrected chi connectivity index (χ3v) is 7.68. The topological polar surface area (TPSA) is 73.1 Å². The highest BCUT2D eigenvalue weighted by Gasteiger charge is 2.28. The van der Waals surface area contributed by atoms with Crippen LogP contribution in [0, 0.1) is 5.82 Å². The van der Waals surface area contributed by atoms with Gasteiger partial charge in [-0.3, -0.25) is 9.69 Å². The van der Waals surface area contributed by atoms with E-state index in [-0.39, 0.29) is 17.8 Å². The Balaban J connectivity index is 1.23. The number of anilines is 2. The molecule has 2 aliphatic heterocycles. The minimum atomic E-state index is -0.214. The van der Waals surface area contributed by atoms with Crippen molar-refractivity contribution in [1.29, 1.82) is 0 Å². The minimum Gasteiger partial charge on any atom is -0.354 e. The lowest BCUT2D eigenvalue weighted by Crippen LogP contribution is -2.49. The molecule has 39 heavy (non-hydrogen) atoms. The van der Waals surface area contributed by atoms with Gasteiger partial charge in [-0.2, -0.15) is 0 Å². The molecule has 6 rings (SSSR count). The number of amides is 1. The first kappa shape index (κ1) is 25.2. The number of hydrogen-bond acceptors (Lipinski definition) is 7. The molecule has 0 bridgehead atoms. The summed E-state index contributed by atoms with van der Waals surface area (Å²) >= 11 is 0. The lowest BCUT2D eigenvalue weighted by molar-refractivity contribution is -0.129. The number of halogens is 1. The first-order chi connectivity index (χ1) is 19.0. The SMILES string of the molecule is CN(C)C(=O)CN1CCN(c2cccc(-c3cnc4ccc(N5CCCC5c5cccc(F)c5)nn34)n2)CC1. The highest BCUT2D eigenvalue weighted by atomic mass is 19.1. The number of benzene rings is 1. The molecule has 1 atom stereocenters. The van der Waals surface area contributed by atoms with E-state index in [4.69, 9.17) is 10.1 Å². The minimum absolute atomic E-state index is 0.0887. The zero-order chi connectivity index (χ0) is 26.9. The predicted octanol–water partition coefficient (Wildman–Crippen LogP) is 3.48. The zero-order valence-corrected chi connectivity index (χ0v) is 22.4. The van der Waals surface area contributed by atoms with Crippen LogP contribution in [0.5, 0.6) is 0 Å². The van der Waals surface area contributed by atoms with Crippen molar-refractivity contribution in [3.8, 4) is 11.4 Å². The molecule has 1 unspecified atom stereocenters. The standard InChI is InChI=1S/C29H33FN8O/c1-34(2)29(39)20-35-14-16-36(17-15-35)27-10-4-8-23(32-27)25-19-31-26-11-12-28(33-38(25)26)37-13-5-9-24(37)21-6-3-7-22(30)18-21/h3-4,6-8,10-12,18-19,24H,5,9,13-17,20H2,1-2H3. The van der Waals surface area contributed by atoms with Crippen molar-refractivity contribution in [2.45, 2.75) is 18.9 Å². The summed E-state index contributed by atoms with van der Waals surface area (Å²) in [6, 6.07) is 17.0. The van der Waals surface area contributed by atoms with E-state index >= 15 is 0 Å². The van der Waals surface area contributed by atoms with Gasteiger partial charge in [0.15, 0.2) is 5.65 Å². The maximum atomic E-state index is 13.9. The Hall–Kier alpha value is -4.05. The quantitative estimate of drug-likeness (QED) is 0.379. The molecule has 2 fully saturated rings. The highest BCUT2D eigenvalue weighted by Crippen LogP contribution is 2.35. The molecule has 3 aromatic heterocycles. The maximum Gasteiger partial charge on any atom is 0.236 e. The summed E-state index contributed by atoms with van der Waals surface area (Å²) in [7, 11) is 3.58. The van der Waals surface area contributed by atoms with E-state index < -0.39 is 0 Å². The van der Waals surface area contributed by atoms with E-state index in [0.717, 1.165) is 79.8 Å². The van der Waals surface area contributed by atoms with Gasteiger partial charge in [0.05, 0.1) is 24.5 Å². The maximum absolute atomic E-state index is 13.9. The highest BCUT2D eigenvalue weighted by molar-refractivity contribution is 5.77. The largest absolute Gasteiger partial charge is 0.354 e. The summed E-state index contributed by atoms with van der Waals surface area (Å²) in [5.74, 6) is 1.66. The van der Waals surface area contributed by atoms with Crippen molar-refractivity contribution >= 4 is 23.2 Å². The Morgan fingerprint density at radius 2 is 1.82 bits per heavy atom. The van der Waals surface area contributed by atoms with Gasteiger partial charge >= 0.3 is 0 Å². The Labute approximate surface area is 227 Å². The van der Waals surface area contributed by atoms with Crippen molar-refractivity contribution in [2.75, 3.05) is 63.2 Å². The lowest BCUT2D eigenvalue weighted by Gasteiger charge is -2.35. The number of imidazole rings is 1. The van der Waals surface area contributed by atoms with Crippen molar-refractivity contribution in [3.05, 3.63) is 72.2 Å². The fourth-order valence-corrected chi connectivity index (χ4v) is 5.50. The van der Waals surface area contributed by atoms with Gasteiger partial charge < -0.3 is 14.7 Å². The Bertz CT molecular complexity index is 1480. The fourth-order valence-electron chi connectivity index (χ4n) is 5.50. The Morgan fingerprint density at radius 3 is 2.62 bits per heavy atom. The van der Waals surface area contributed by atoms with Gasteiger partial charge in [0.1, 0.15) is 23.1 Å². The molecule has 1 aromatic carbocycles. The van der Waals surface area contributed by atoms with Crippen molar-refractivity contribution in [1.82, 2.24) is 29.4 Å². The van der Waals surface area contributed by atoms with Crippen LogP contribution < -0.4 is 9.80 Å². The number of fused-ring (bicyclic) bond motifs is 1. The van der Waals surface area contributed by atoms with Crippen LogP contribution in [0.25, 0.3) is 17.0 Å². The Kier molecular flexibility index (Phi) is 6.86. The first-order valence-electron chi connectivity index (χ1n) is 13.5. The average molecular weight is 529 g/mol. The number of likely N-dealkylation sites (N-methyl/N-ethyl adjacent to an activating group) is 1. The molecule has 0 radical (unpaired) electrons. The van der Waals surface area contributed by atoms with Crippen LogP contribution in [0.15, 0.2) is 60.8 Å². The monoisotopic (exact) mass is 528 g/mol. The number of carbonyl (C=O) groups is 1. The van der Waals surface area contributed by atoms with Gasteiger partial charge in [-0.1, -0.05) is 18.2 Å². The van der Waals surface area contributed by atoms with E-state index in [2.05, 4.69) is 19.7 Å². The molecule has 0 aliphatic carbocycles. The van der Waals surface area contributed by atoms with Crippen LogP contribution in [0.1, 0.15) is 24.4 Å². The van der Waals surface area contributed by atoms with Crippen molar-refractivity contribution < 1.29 is 9.18 Å². The number of carbonyl (C=O) groups excluding carboxylic acids is 1. The van der Waals surface area contributed by atoms with Crippen LogP contribution in [-0.2, 0) is 4.79 Å². The van der Waals surface area contributed by atoms with E-state index in [1.54, 1.807) is 31.1 Å². The van der Waals surface area contributed by atoms with Gasteiger partial charge in [-0.05, 0) is 54.8 Å². The molecule has 0 spiro atoms. The summed E-state index contributed by atoms with van der Waals surface area (Å²) in [4.78, 5) is 30.0. The average Bonchev–Trinajstić information content (AvgIpc) is 3.61. The summed E-state index contributed by atoms with van der Waals surface area (Å²) in [5, 5.41) is 4.98. The van der Waals surface area contributed by atoms with Crippen LogP contribution in [0.2, 0.25) is 0 Å². The molecule has 0 N–H and O–H groups in total. The number of pyridine rings is 1. The van der Waals surface area contributed by atoms with E-state index in [1.165, 1.54) is 6.07 Å². The van der Waals surface area contributed by atoms with Crippen LogP contribution >= 0.6 is 0 Å². The third kappa shape index (κ3) is 5.16. The van der Waals surface area contributed by atoms with Gasteiger partial charge in [0.25, 0.3) is 0 Å². The van der Waals surface area contributed by atoms with Crippen LogP contribution in [0.4, 0.5) is 16.0 Å². The van der Waals surface area contributed by atoms with E-state index in [0.29, 0.717) is 6.54 Å². The van der Waals surface area contributed by atoms with Crippen molar-refractivity contribution in [3.63, 3.8) is 0 Å². The molecule has 4 aromatic rings. The molecule has 5 heterocycles. The van der Waals surface area contributed by atoms with Gasteiger partial charge in [-0.15, -0.1) is 5.10 Å². The number of hydrogen-bond donors (Lipinski definition) is 0. The first-order valence-corrected chi connectivity index (χ1v) is 13.5. The molecule has 0 saturated carbocycles. The van der Waals surface area contributed by atoms with Crippen LogP contribution in [-0.4, -0.2) is 88.7 Å². The summed E-state index contributed by atoms with van der Waals surface area (Å²) in [5.41, 5.74) is 3.35. The van der Waals surface area contributed by atoms with Gasteiger partial charge in [0.2, 0.25) is 5.91 Å². The van der Waals surface area contributed by atoms with E-state index in [9.17, 15) is 9.18 Å². The molecular formula is C29H33FN8O. The van der Waals surface area contributed by atoms with Gasteiger partial charge in [0, 0.05) is 46.8 Å². The summed E-state index contributed by atoms with van der Waals surface area (Å²) in [6.07, 6.45) is 3.80. The molecule has 1 amide bonds. The normalized spacial score (nSPS) is 18.2. The molecule has 2 saturated heterocycles. The van der Waals surface area contributed by atoms with E-state index in [1.807, 2.05) is 47.1 Å². The fraction of sp³-hybridized carbons (Fsp3) is 0.379. The molecular weight excluding hydrogens is 495 g/mol. The van der Waals surface area contributed by atoms with Crippen LogP contribution in [0.3, 0.4) is 0 Å². The number of piperazine rings is 1. The smallest absolute Gasteiger partial charge is 0.236 e. The van der Waals surface area contributed by atoms with Crippen molar-refractivity contribution in [2.24, 2.45) is 0 Å². The second-order valence-corrected chi connectivity index (χ2v) is 10.4. The Morgan fingerprint density at radius 1 is 1.00 bits per heavy atom. The lowest BCUT2D eigenvalue weighted by atomic mass is 10.0.